The summed E-state index contributed by atoms with van der Waals surface area (Å²) in [6.45, 7) is 15.6. The summed E-state index contributed by atoms with van der Waals surface area (Å²) in [5.74, 6) is -0.576. The van der Waals surface area contributed by atoms with E-state index in [9.17, 15) is 28.6 Å². The van der Waals surface area contributed by atoms with Gasteiger partial charge in [-0.15, -0.1) is 0 Å². The summed E-state index contributed by atoms with van der Waals surface area (Å²) in [5, 5.41) is 8.90. The zero-order chi connectivity index (χ0) is 50.8. The minimum Gasteiger partial charge on any atom is -0.756 e. The van der Waals surface area contributed by atoms with Gasteiger partial charge in [0.1, 0.15) is 6.61 Å². The molecule has 0 bridgehead atoms. The Labute approximate surface area is 425 Å². The van der Waals surface area contributed by atoms with Crippen molar-refractivity contribution in [3.63, 3.8) is 0 Å². The molecule has 0 aromatic heterocycles. The van der Waals surface area contributed by atoms with E-state index in [1.165, 1.54) is 129 Å². The van der Waals surface area contributed by atoms with E-state index in [4.69, 9.17) is 18.5 Å². The highest BCUT2D eigenvalue weighted by molar-refractivity contribution is 8.00. The first-order chi connectivity index (χ1) is 33.4. The molecule has 0 spiro atoms. The van der Waals surface area contributed by atoms with Crippen LogP contribution in [0, 0.1) is 5.92 Å². The molecule has 4 N–H and O–H groups in total. The van der Waals surface area contributed by atoms with Gasteiger partial charge in [-0.05, 0) is 46.5 Å². The maximum Gasteiger partial charge on any atom is 0.315 e. The number of urea groups is 1. The first kappa shape index (κ1) is 65.1. The third-order valence-electron chi connectivity index (χ3n) is 13.5. The molecule has 406 valence electrons. The fourth-order valence-corrected chi connectivity index (χ4v) is 11.2. The fourth-order valence-electron chi connectivity index (χ4n) is 8.87. The minimum absolute atomic E-state index is 0.0273. The highest BCUT2D eigenvalue weighted by Gasteiger charge is 2.42. The Morgan fingerprint density at radius 1 is 0.696 bits per heavy atom. The number of fused-ring (bicyclic) bond motifs is 1. The summed E-state index contributed by atoms with van der Waals surface area (Å²) >= 11 is 1.83. The number of amides is 3. The summed E-state index contributed by atoms with van der Waals surface area (Å²) in [6, 6.07) is 0.183. The van der Waals surface area contributed by atoms with Crippen LogP contribution in [-0.2, 0) is 37.5 Å². The number of phosphoric ester groups is 1. The van der Waals surface area contributed by atoms with E-state index in [0.29, 0.717) is 30.9 Å². The molecular formula is C53H103N4O10PS. The number of carbonyl (C=O) groups excluding carboxylic acids is 4. The Balaban J connectivity index is 0.00000314. The molecular weight excluding hydrogens is 916 g/mol. The molecule has 2 fully saturated rings. The second-order valence-corrected chi connectivity index (χ2v) is 22.2. The molecule has 2 aliphatic heterocycles. The summed E-state index contributed by atoms with van der Waals surface area (Å²) in [7, 11) is -4.83. The third kappa shape index (κ3) is 35.8. The molecule has 0 radical (unpaired) electrons. The van der Waals surface area contributed by atoms with Gasteiger partial charge in [-0.25, -0.2) is 4.79 Å². The monoisotopic (exact) mass is 1020 g/mol. The van der Waals surface area contributed by atoms with E-state index < -0.39 is 32.5 Å². The van der Waals surface area contributed by atoms with Crippen LogP contribution in [0.1, 0.15) is 234 Å². The number of carbonyl (C=O) groups is 4. The lowest BCUT2D eigenvalue weighted by molar-refractivity contribution is -0.894. The number of nitrogens with one attached hydrogen (secondary N) is 4. The van der Waals surface area contributed by atoms with Crippen molar-refractivity contribution in [2.45, 2.75) is 258 Å². The second-order valence-electron chi connectivity index (χ2n) is 19.6. The van der Waals surface area contributed by atoms with Gasteiger partial charge in [-0.2, -0.15) is 11.8 Å². The SMILES string of the molecule is CCCCCCCCCCCCCCCC(=O)OC(COC(=O)C(C)CCCCCCCCCCCCC)COP(=O)([O-])OCCNC(=O)CCCCC1SC[C@@H]2NC(=O)N[C@H]12.CC[NH+](CC)CC. The Kier molecular flexibility index (Phi) is 41.2. The third-order valence-corrected chi connectivity index (χ3v) is 16.0. The summed E-state index contributed by atoms with van der Waals surface area (Å²) in [4.78, 5) is 63.9. The molecule has 6 atom stereocenters. The average Bonchev–Trinajstić information content (AvgIpc) is 3.90. The van der Waals surface area contributed by atoms with E-state index in [0.717, 1.165) is 57.1 Å². The van der Waals surface area contributed by atoms with Crippen molar-refractivity contribution in [1.29, 1.82) is 0 Å². The predicted molar refractivity (Wildman–Crippen MR) is 280 cm³/mol. The van der Waals surface area contributed by atoms with Crippen molar-refractivity contribution in [2.75, 3.05) is 51.8 Å². The van der Waals surface area contributed by atoms with Crippen molar-refractivity contribution in [3.8, 4) is 0 Å². The summed E-state index contributed by atoms with van der Waals surface area (Å²) < 4.78 is 33.8. The Bertz CT molecular complexity index is 1340. The highest BCUT2D eigenvalue weighted by atomic mass is 32.2. The van der Waals surface area contributed by atoms with Gasteiger partial charge in [-0.1, -0.05) is 175 Å². The predicted octanol–water partition coefficient (Wildman–Crippen LogP) is 10.5. The number of hydrogen-bond donors (Lipinski definition) is 4. The fraction of sp³-hybridized carbons (Fsp3) is 0.925. The van der Waals surface area contributed by atoms with E-state index in [1.807, 2.05) is 18.7 Å². The number of hydrogen-bond acceptors (Lipinski definition) is 11. The molecule has 2 rings (SSSR count). The summed E-state index contributed by atoms with van der Waals surface area (Å²) in [6.07, 6.45) is 31.3. The van der Waals surface area contributed by atoms with E-state index in [2.05, 4.69) is 50.6 Å². The van der Waals surface area contributed by atoms with Gasteiger partial charge in [0.15, 0.2) is 6.10 Å². The van der Waals surface area contributed by atoms with Gasteiger partial charge in [0.05, 0.1) is 50.8 Å². The zero-order valence-electron chi connectivity index (χ0n) is 44.7. The van der Waals surface area contributed by atoms with Gasteiger partial charge < -0.3 is 44.3 Å². The number of rotatable bonds is 45. The first-order valence-corrected chi connectivity index (χ1v) is 30.6. The minimum atomic E-state index is -4.83. The molecule has 0 aromatic carbocycles. The highest BCUT2D eigenvalue weighted by Crippen LogP contribution is 2.38. The van der Waals surface area contributed by atoms with Crippen molar-refractivity contribution in [2.24, 2.45) is 5.92 Å². The van der Waals surface area contributed by atoms with Gasteiger partial charge in [0, 0.05) is 30.4 Å². The van der Waals surface area contributed by atoms with E-state index >= 15 is 0 Å². The lowest BCUT2D eigenvalue weighted by Crippen LogP contribution is -3.11. The molecule has 16 heteroatoms. The van der Waals surface area contributed by atoms with Crippen LogP contribution >= 0.6 is 19.6 Å². The Morgan fingerprint density at radius 2 is 1.20 bits per heavy atom. The van der Waals surface area contributed by atoms with Crippen molar-refractivity contribution in [3.05, 3.63) is 0 Å². The molecule has 0 aliphatic carbocycles. The van der Waals surface area contributed by atoms with Crippen LogP contribution in [0.2, 0.25) is 0 Å². The number of unbranched alkanes of at least 4 members (excludes halogenated alkanes) is 23. The van der Waals surface area contributed by atoms with Crippen LogP contribution < -0.4 is 25.7 Å². The number of thioether (sulfide) groups is 1. The average molecular weight is 1020 g/mol. The van der Waals surface area contributed by atoms with Crippen LogP contribution in [0.5, 0.6) is 0 Å². The smallest absolute Gasteiger partial charge is 0.315 e. The normalized spacial score (nSPS) is 18.1. The van der Waals surface area contributed by atoms with Gasteiger partial charge in [0.2, 0.25) is 5.91 Å². The van der Waals surface area contributed by atoms with E-state index in [-0.39, 0.29) is 56.1 Å². The van der Waals surface area contributed by atoms with Crippen molar-refractivity contribution < 1.29 is 52.1 Å². The summed E-state index contributed by atoms with van der Waals surface area (Å²) in [5.41, 5.74) is 0. The van der Waals surface area contributed by atoms with Crippen molar-refractivity contribution in [1.82, 2.24) is 16.0 Å². The van der Waals surface area contributed by atoms with Gasteiger partial charge in [0.25, 0.3) is 7.82 Å². The topological polar surface area (TPSA) is 186 Å². The molecule has 4 unspecified atom stereocenters. The molecule has 0 aromatic rings. The molecule has 0 saturated carbocycles. The van der Waals surface area contributed by atoms with Crippen LogP contribution in [0.4, 0.5) is 4.79 Å². The quantitative estimate of drug-likeness (QED) is 0.0197. The van der Waals surface area contributed by atoms with Gasteiger partial charge >= 0.3 is 18.0 Å². The van der Waals surface area contributed by atoms with Crippen LogP contribution in [-0.4, -0.2) is 99.1 Å². The molecule has 3 amide bonds. The molecule has 69 heavy (non-hydrogen) atoms. The van der Waals surface area contributed by atoms with Crippen molar-refractivity contribution >= 4 is 43.5 Å². The van der Waals surface area contributed by atoms with Crippen LogP contribution in [0.25, 0.3) is 0 Å². The second kappa shape index (κ2) is 43.7. The maximum absolute atomic E-state index is 12.9. The van der Waals surface area contributed by atoms with Crippen LogP contribution in [0.15, 0.2) is 0 Å². The molecule has 2 aliphatic rings. The number of esters is 2. The standard InChI is InChI=1S/C47H88N3O10PS.C6H15N/c1-4-6-8-10-12-14-16-17-19-21-23-25-27-33-44(52)60-40(36-57-46(53)39(3)30-26-24-22-20-18-15-13-11-9-7-5-2)37-59-61(55,56)58-35-34-48-43(51)32-29-28-31-42-45-41(38-62-42)49-47(54)50-45;1-4-7(5-2)6-3/h39-42,45H,4-38H2,1-3H3,(H,48,51)(H,55,56)(H2,49,50,54);4-6H2,1-3H3/t39?,40?,41-,42?,45-;/m0./s1. The largest absolute Gasteiger partial charge is 0.756 e. The Morgan fingerprint density at radius 3 is 1.72 bits per heavy atom. The maximum atomic E-state index is 12.9. The zero-order valence-corrected chi connectivity index (χ0v) is 46.4. The lowest BCUT2D eigenvalue weighted by Gasteiger charge is -2.26. The van der Waals surface area contributed by atoms with Crippen LogP contribution in [0.3, 0.4) is 0 Å². The first-order valence-electron chi connectivity index (χ1n) is 28.1. The number of ether oxygens (including phenoxy) is 2. The molecule has 2 heterocycles. The number of quaternary nitrogens is 1. The van der Waals surface area contributed by atoms with E-state index in [1.54, 1.807) is 4.90 Å². The Hall–Kier alpha value is -1.90. The molecule has 14 nitrogen and oxygen atoms in total. The van der Waals surface area contributed by atoms with Gasteiger partial charge in [-0.3, -0.25) is 18.9 Å². The number of phosphoric acid groups is 1. The molecule has 2 saturated heterocycles. The lowest BCUT2D eigenvalue weighted by atomic mass is 10.0.